The van der Waals surface area contributed by atoms with Gasteiger partial charge in [0, 0.05) is 13.1 Å². The molecule has 5 nitrogen and oxygen atoms in total. The maximum absolute atomic E-state index is 13.3. The monoisotopic (exact) mass is 368 g/mol. The summed E-state index contributed by atoms with van der Waals surface area (Å²) in [7, 11) is -3.90. The Morgan fingerprint density at radius 3 is 2.45 bits per heavy atom. The first kappa shape index (κ1) is 17.4. The van der Waals surface area contributed by atoms with Crippen molar-refractivity contribution in [3.63, 3.8) is 0 Å². The summed E-state index contributed by atoms with van der Waals surface area (Å²) >= 11 is 2.94. The Balaban J connectivity index is 3.31. The third kappa shape index (κ3) is 3.91. The molecule has 0 bridgehead atoms. The van der Waals surface area contributed by atoms with Crippen LogP contribution in [0, 0.1) is 5.82 Å². The number of nitrogen functional groups attached to an aromatic ring is 1. The predicted molar refractivity (Wildman–Crippen MR) is 79.2 cm³/mol. The highest BCUT2D eigenvalue weighted by atomic mass is 79.9. The van der Waals surface area contributed by atoms with Crippen LogP contribution in [-0.2, 0) is 10.0 Å². The van der Waals surface area contributed by atoms with E-state index < -0.39 is 21.4 Å². The van der Waals surface area contributed by atoms with Crippen molar-refractivity contribution in [1.29, 1.82) is 0 Å². The van der Waals surface area contributed by atoms with E-state index in [-0.39, 0.29) is 28.1 Å². The molecule has 0 saturated heterocycles. The number of halogens is 2. The molecule has 114 valence electrons. The number of hydrogen-bond donors (Lipinski definition) is 2. The number of nitrogens with two attached hydrogens (primary N) is 1. The molecule has 0 aromatic heterocycles. The minimum Gasteiger partial charge on any atom is -0.398 e. The summed E-state index contributed by atoms with van der Waals surface area (Å²) in [5.41, 5.74) is 4.25. The Morgan fingerprint density at radius 1 is 1.45 bits per heavy atom. The van der Waals surface area contributed by atoms with E-state index in [0.29, 0.717) is 0 Å². The highest BCUT2D eigenvalue weighted by Gasteiger charge is 2.30. The largest absolute Gasteiger partial charge is 0.398 e. The van der Waals surface area contributed by atoms with Gasteiger partial charge >= 0.3 is 0 Å². The molecule has 0 fully saturated rings. The lowest BCUT2D eigenvalue weighted by Gasteiger charge is -2.27. The molecule has 0 aliphatic carbocycles. The lowest BCUT2D eigenvalue weighted by Crippen LogP contribution is -2.42. The van der Waals surface area contributed by atoms with Crippen LogP contribution in [0.15, 0.2) is 21.5 Å². The Kier molecular flexibility index (Phi) is 5.18. The number of sulfonamides is 1. The zero-order valence-corrected chi connectivity index (χ0v) is 13.9. The molecule has 3 N–H and O–H groups in total. The van der Waals surface area contributed by atoms with Crippen LogP contribution in [0.4, 0.5) is 10.1 Å². The van der Waals surface area contributed by atoms with E-state index in [9.17, 15) is 17.9 Å². The SMILES string of the molecule is CCN(CC(C)(C)O)S(=O)(=O)c1cc(Br)c(F)cc1N. The third-order valence-electron chi connectivity index (χ3n) is 2.59. The molecule has 1 aromatic carbocycles. The molecular weight excluding hydrogens is 351 g/mol. The minimum atomic E-state index is -3.90. The van der Waals surface area contributed by atoms with Gasteiger partial charge in [0.25, 0.3) is 0 Å². The zero-order valence-electron chi connectivity index (χ0n) is 11.5. The molecule has 0 saturated carbocycles. The van der Waals surface area contributed by atoms with E-state index in [4.69, 9.17) is 5.73 Å². The van der Waals surface area contributed by atoms with Gasteiger partial charge in [0.15, 0.2) is 0 Å². The summed E-state index contributed by atoms with van der Waals surface area (Å²) in [5, 5.41) is 9.79. The second-order valence-electron chi connectivity index (χ2n) is 5.05. The van der Waals surface area contributed by atoms with Crippen molar-refractivity contribution < 1.29 is 17.9 Å². The lowest BCUT2D eigenvalue weighted by molar-refractivity contribution is 0.0601. The van der Waals surface area contributed by atoms with Crippen molar-refractivity contribution in [2.75, 3.05) is 18.8 Å². The van der Waals surface area contributed by atoms with Crippen LogP contribution in [0.25, 0.3) is 0 Å². The zero-order chi connectivity index (χ0) is 15.7. The summed E-state index contributed by atoms with van der Waals surface area (Å²) < 4.78 is 39.5. The van der Waals surface area contributed by atoms with Gasteiger partial charge in [-0.15, -0.1) is 0 Å². The van der Waals surface area contributed by atoms with Crippen LogP contribution in [0.2, 0.25) is 0 Å². The summed E-state index contributed by atoms with van der Waals surface area (Å²) in [6.07, 6.45) is 0. The Morgan fingerprint density at radius 2 is 2.00 bits per heavy atom. The van der Waals surface area contributed by atoms with Crippen molar-refractivity contribution in [3.8, 4) is 0 Å². The van der Waals surface area contributed by atoms with Gasteiger partial charge in [-0.25, -0.2) is 12.8 Å². The van der Waals surface area contributed by atoms with Gasteiger partial charge in [-0.3, -0.25) is 0 Å². The first-order valence-electron chi connectivity index (χ1n) is 5.96. The standard InChI is InChI=1S/C12H18BrFN2O3S/c1-4-16(7-12(2,3)17)20(18,19)11-5-8(13)9(14)6-10(11)15/h5-6,17H,4,7,15H2,1-3H3. The minimum absolute atomic E-state index is 0.0181. The normalized spacial score (nSPS) is 12.9. The van der Waals surface area contributed by atoms with Gasteiger partial charge in [-0.1, -0.05) is 6.92 Å². The molecule has 8 heteroatoms. The van der Waals surface area contributed by atoms with Crippen LogP contribution < -0.4 is 5.73 Å². The fourth-order valence-electron chi connectivity index (χ4n) is 1.70. The van der Waals surface area contributed by atoms with Crippen LogP contribution >= 0.6 is 15.9 Å². The Hall–Kier alpha value is -0.700. The van der Waals surface area contributed by atoms with Crippen molar-refractivity contribution in [3.05, 3.63) is 22.4 Å². The van der Waals surface area contributed by atoms with Gasteiger partial charge in [0.1, 0.15) is 10.7 Å². The van der Waals surface area contributed by atoms with Crippen molar-refractivity contribution in [2.24, 2.45) is 0 Å². The van der Waals surface area contributed by atoms with Gasteiger partial charge < -0.3 is 10.8 Å². The maximum atomic E-state index is 13.3. The second kappa shape index (κ2) is 5.97. The van der Waals surface area contributed by atoms with Crippen molar-refractivity contribution in [1.82, 2.24) is 4.31 Å². The van der Waals surface area contributed by atoms with Gasteiger partial charge in [-0.05, 0) is 41.9 Å². The van der Waals surface area contributed by atoms with E-state index in [1.165, 1.54) is 13.8 Å². The predicted octanol–water partition coefficient (Wildman–Crippen LogP) is 1.95. The quantitative estimate of drug-likeness (QED) is 0.778. The number of hydrogen-bond acceptors (Lipinski definition) is 4. The molecule has 0 amide bonds. The van der Waals surface area contributed by atoms with E-state index >= 15 is 0 Å². The molecule has 0 heterocycles. The van der Waals surface area contributed by atoms with Gasteiger partial charge in [0.05, 0.1) is 15.8 Å². The maximum Gasteiger partial charge on any atom is 0.245 e. The fraction of sp³-hybridized carbons (Fsp3) is 0.500. The van der Waals surface area contributed by atoms with E-state index in [1.54, 1.807) is 6.92 Å². The average Bonchev–Trinajstić information content (AvgIpc) is 2.29. The van der Waals surface area contributed by atoms with Crippen molar-refractivity contribution >= 4 is 31.6 Å². The van der Waals surface area contributed by atoms with Gasteiger partial charge in [-0.2, -0.15) is 4.31 Å². The molecule has 0 aliphatic heterocycles. The molecule has 1 rings (SSSR count). The summed E-state index contributed by atoms with van der Waals surface area (Å²) in [4.78, 5) is -0.183. The Labute approximate surface area is 126 Å². The molecule has 20 heavy (non-hydrogen) atoms. The molecule has 0 unspecified atom stereocenters. The van der Waals surface area contributed by atoms with E-state index in [0.717, 1.165) is 16.4 Å². The van der Waals surface area contributed by atoms with Crippen LogP contribution in [-0.4, -0.2) is 36.5 Å². The smallest absolute Gasteiger partial charge is 0.245 e. The molecule has 0 aliphatic rings. The van der Waals surface area contributed by atoms with Crippen molar-refractivity contribution in [2.45, 2.75) is 31.3 Å². The first-order chi connectivity index (χ1) is 8.99. The number of anilines is 1. The summed E-state index contributed by atoms with van der Waals surface area (Å²) in [5.74, 6) is -0.632. The highest BCUT2D eigenvalue weighted by Crippen LogP contribution is 2.29. The number of likely N-dealkylation sites (N-methyl/N-ethyl adjacent to an activating group) is 1. The van der Waals surface area contributed by atoms with Gasteiger partial charge in [0.2, 0.25) is 10.0 Å². The van der Waals surface area contributed by atoms with E-state index in [1.807, 2.05) is 0 Å². The fourth-order valence-corrected chi connectivity index (χ4v) is 3.93. The van der Waals surface area contributed by atoms with Crippen LogP contribution in [0.3, 0.4) is 0 Å². The van der Waals surface area contributed by atoms with Crippen LogP contribution in [0.5, 0.6) is 0 Å². The number of aliphatic hydroxyl groups is 1. The summed E-state index contributed by atoms with van der Waals surface area (Å²) in [6.45, 7) is 4.75. The first-order valence-corrected chi connectivity index (χ1v) is 8.19. The molecule has 0 atom stereocenters. The molecular formula is C12H18BrFN2O3S. The van der Waals surface area contributed by atoms with Crippen LogP contribution in [0.1, 0.15) is 20.8 Å². The number of rotatable bonds is 5. The number of nitrogens with zero attached hydrogens (tertiary/aromatic N) is 1. The molecule has 0 spiro atoms. The molecule has 1 aromatic rings. The topological polar surface area (TPSA) is 83.6 Å². The molecule has 0 radical (unpaired) electrons. The third-order valence-corrected chi connectivity index (χ3v) is 5.17. The van der Waals surface area contributed by atoms with E-state index in [2.05, 4.69) is 15.9 Å². The number of benzene rings is 1. The highest BCUT2D eigenvalue weighted by molar-refractivity contribution is 9.10. The Bertz CT molecular complexity index is 599. The average molecular weight is 369 g/mol. The lowest BCUT2D eigenvalue weighted by atomic mass is 10.1. The second-order valence-corrected chi connectivity index (χ2v) is 7.81. The summed E-state index contributed by atoms with van der Waals surface area (Å²) in [6, 6.07) is 2.09.